The van der Waals surface area contributed by atoms with Crippen molar-refractivity contribution in [3.63, 3.8) is 0 Å². The number of carbonyl (C=O) groups excluding carboxylic acids is 1. The van der Waals surface area contributed by atoms with Crippen molar-refractivity contribution >= 4 is 23.5 Å². The monoisotopic (exact) mass is 287 g/mol. The van der Waals surface area contributed by atoms with E-state index in [0.717, 1.165) is 0 Å². The van der Waals surface area contributed by atoms with Crippen molar-refractivity contribution in [2.75, 3.05) is 19.7 Å². The molecule has 2 heterocycles. The van der Waals surface area contributed by atoms with Gasteiger partial charge in [0.05, 0.1) is 6.10 Å². The van der Waals surface area contributed by atoms with Crippen molar-refractivity contribution in [2.45, 2.75) is 18.9 Å². The number of hydrogen-bond donors (Lipinski definition) is 1. The van der Waals surface area contributed by atoms with Crippen LogP contribution in [0.2, 0.25) is 5.22 Å². The van der Waals surface area contributed by atoms with E-state index in [-0.39, 0.29) is 29.6 Å². The molecule has 0 bridgehead atoms. The van der Waals surface area contributed by atoms with Gasteiger partial charge in [-0.15, -0.1) is 0 Å². The minimum Gasteiger partial charge on any atom is -0.480 e. The van der Waals surface area contributed by atoms with Gasteiger partial charge < -0.3 is 19.2 Å². The lowest BCUT2D eigenvalue weighted by molar-refractivity contribution is -0.145. The van der Waals surface area contributed by atoms with Gasteiger partial charge in [0.25, 0.3) is 5.91 Å². The fourth-order valence-corrected chi connectivity index (χ4v) is 2.15. The molecular weight excluding hydrogens is 274 g/mol. The standard InChI is InChI=1S/C12H14ClNO5/c13-10-2-1-9(19-10)12(17)14-5-3-8(4-6-14)18-7-11(15)16/h1-2,8H,3-7H2,(H,15,16). The van der Waals surface area contributed by atoms with Gasteiger partial charge in [-0.1, -0.05) is 0 Å². The van der Waals surface area contributed by atoms with Crippen molar-refractivity contribution in [1.82, 2.24) is 4.90 Å². The Morgan fingerprint density at radius 1 is 1.42 bits per heavy atom. The lowest BCUT2D eigenvalue weighted by Gasteiger charge is -2.31. The first kappa shape index (κ1) is 13.9. The Morgan fingerprint density at radius 2 is 2.11 bits per heavy atom. The molecular formula is C12H14ClNO5. The van der Waals surface area contributed by atoms with Gasteiger partial charge in [0.1, 0.15) is 6.61 Å². The maximum atomic E-state index is 12.0. The van der Waals surface area contributed by atoms with Crippen LogP contribution in [0.15, 0.2) is 16.5 Å². The molecule has 1 aromatic rings. The Balaban J connectivity index is 1.83. The molecule has 1 aliphatic heterocycles. The van der Waals surface area contributed by atoms with Crippen LogP contribution in [0.5, 0.6) is 0 Å². The molecule has 0 unspecified atom stereocenters. The molecule has 6 nitrogen and oxygen atoms in total. The summed E-state index contributed by atoms with van der Waals surface area (Å²) in [5.74, 6) is -0.970. The minimum absolute atomic E-state index is 0.111. The van der Waals surface area contributed by atoms with E-state index < -0.39 is 5.97 Å². The zero-order valence-corrected chi connectivity index (χ0v) is 10.9. The summed E-state index contributed by atoms with van der Waals surface area (Å²) in [7, 11) is 0. The Bertz CT molecular complexity index is 464. The third kappa shape index (κ3) is 3.71. The average Bonchev–Trinajstić information content (AvgIpc) is 2.83. The van der Waals surface area contributed by atoms with E-state index in [1.54, 1.807) is 4.90 Å². The van der Waals surface area contributed by atoms with Crippen LogP contribution in [0.25, 0.3) is 0 Å². The number of halogens is 1. The van der Waals surface area contributed by atoms with E-state index in [1.165, 1.54) is 12.1 Å². The summed E-state index contributed by atoms with van der Waals surface area (Å²) >= 11 is 5.62. The number of furan rings is 1. The lowest BCUT2D eigenvalue weighted by Crippen LogP contribution is -2.41. The molecule has 1 saturated heterocycles. The first-order valence-corrected chi connectivity index (χ1v) is 6.32. The van der Waals surface area contributed by atoms with Crippen LogP contribution in [-0.4, -0.2) is 47.7 Å². The van der Waals surface area contributed by atoms with Crippen LogP contribution in [0.3, 0.4) is 0 Å². The van der Waals surface area contributed by atoms with Crippen molar-refractivity contribution in [3.8, 4) is 0 Å². The number of carbonyl (C=O) groups is 2. The number of ether oxygens (including phenoxy) is 1. The fraction of sp³-hybridized carbons (Fsp3) is 0.500. The van der Waals surface area contributed by atoms with Crippen LogP contribution in [0, 0.1) is 0 Å². The molecule has 0 aromatic carbocycles. The molecule has 0 saturated carbocycles. The van der Waals surface area contributed by atoms with Crippen LogP contribution < -0.4 is 0 Å². The number of rotatable bonds is 4. The largest absolute Gasteiger partial charge is 0.480 e. The minimum atomic E-state index is -0.983. The van der Waals surface area contributed by atoms with Crippen LogP contribution in [0.1, 0.15) is 23.4 Å². The van der Waals surface area contributed by atoms with Crippen molar-refractivity contribution in [1.29, 1.82) is 0 Å². The van der Waals surface area contributed by atoms with Gasteiger partial charge in [-0.2, -0.15) is 0 Å². The predicted molar refractivity (Wildman–Crippen MR) is 66.2 cm³/mol. The normalized spacial score (nSPS) is 16.6. The highest BCUT2D eigenvalue weighted by atomic mass is 35.5. The van der Waals surface area contributed by atoms with E-state index in [2.05, 4.69) is 0 Å². The second-order valence-electron chi connectivity index (χ2n) is 4.30. The summed E-state index contributed by atoms with van der Waals surface area (Å²) in [5.41, 5.74) is 0. The van der Waals surface area contributed by atoms with Gasteiger partial charge in [-0.3, -0.25) is 4.79 Å². The predicted octanol–water partition coefficient (Wildman–Crippen LogP) is 1.64. The van der Waals surface area contributed by atoms with Gasteiger partial charge in [-0.25, -0.2) is 4.79 Å². The van der Waals surface area contributed by atoms with E-state index in [9.17, 15) is 9.59 Å². The van der Waals surface area contributed by atoms with Gasteiger partial charge in [0, 0.05) is 13.1 Å². The molecule has 104 valence electrons. The molecule has 1 aliphatic rings. The first-order chi connectivity index (χ1) is 9.06. The molecule has 0 radical (unpaired) electrons. The highest BCUT2D eigenvalue weighted by Gasteiger charge is 2.26. The van der Waals surface area contributed by atoms with Gasteiger partial charge in [-0.05, 0) is 36.6 Å². The molecule has 1 amide bonds. The topological polar surface area (TPSA) is 80.0 Å². The average molecular weight is 288 g/mol. The number of piperidine rings is 1. The summed E-state index contributed by atoms with van der Waals surface area (Å²) < 4.78 is 10.3. The molecule has 0 aliphatic carbocycles. The Kier molecular flexibility index (Phi) is 4.44. The van der Waals surface area contributed by atoms with Crippen molar-refractivity contribution in [3.05, 3.63) is 23.1 Å². The number of hydrogen-bond acceptors (Lipinski definition) is 4. The van der Waals surface area contributed by atoms with Gasteiger partial charge in [0.15, 0.2) is 11.0 Å². The molecule has 1 fully saturated rings. The van der Waals surface area contributed by atoms with Gasteiger partial charge in [0.2, 0.25) is 0 Å². The van der Waals surface area contributed by atoms with Crippen LogP contribution >= 0.6 is 11.6 Å². The maximum Gasteiger partial charge on any atom is 0.329 e. The fourth-order valence-electron chi connectivity index (χ4n) is 2.00. The van der Waals surface area contributed by atoms with Gasteiger partial charge >= 0.3 is 5.97 Å². The lowest BCUT2D eigenvalue weighted by atomic mass is 10.1. The van der Waals surface area contributed by atoms with E-state index in [0.29, 0.717) is 25.9 Å². The summed E-state index contributed by atoms with van der Waals surface area (Å²) in [6, 6.07) is 3.06. The Hall–Kier alpha value is -1.53. The summed E-state index contributed by atoms with van der Waals surface area (Å²) in [6.45, 7) is 0.731. The zero-order valence-electron chi connectivity index (χ0n) is 10.2. The zero-order chi connectivity index (χ0) is 13.8. The number of amides is 1. The summed E-state index contributed by atoms with van der Waals surface area (Å²) in [6.07, 6.45) is 1.13. The maximum absolute atomic E-state index is 12.0. The third-order valence-electron chi connectivity index (χ3n) is 2.96. The molecule has 2 rings (SSSR count). The SMILES string of the molecule is O=C(O)COC1CCN(C(=O)c2ccc(Cl)o2)CC1. The number of nitrogens with zero attached hydrogens (tertiary/aromatic N) is 1. The van der Waals surface area contributed by atoms with Crippen LogP contribution in [0.4, 0.5) is 0 Å². The van der Waals surface area contributed by atoms with Crippen molar-refractivity contribution in [2.24, 2.45) is 0 Å². The molecule has 0 spiro atoms. The molecule has 19 heavy (non-hydrogen) atoms. The number of carboxylic acids is 1. The van der Waals surface area contributed by atoms with Crippen molar-refractivity contribution < 1.29 is 23.8 Å². The quantitative estimate of drug-likeness (QED) is 0.910. The third-order valence-corrected chi connectivity index (χ3v) is 3.16. The number of carboxylic acid groups (broad SMARTS) is 1. The summed E-state index contributed by atoms with van der Waals surface area (Å²) in [5, 5.41) is 8.70. The summed E-state index contributed by atoms with van der Waals surface area (Å²) in [4.78, 5) is 24.1. The highest BCUT2D eigenvalue weighted by Crippen LogP contribution is 2.19. The van der Waals surface area contributed by atoms with E-state index in [4.69, 9.17) is 25.9 Å². The Morgan fingerprint density at radius 3 is 2.63 bits per heavy atom. The molecule has 1 N–H and O–H groups in total. The van der Waals surface area contributed by atoms with E-state index in [1.807, 2.05) is 0 Å². The number of aliphatic carboxylic acids is 1. The second-order valence-corrected chi connectivity index (χ2v) is 4.67. The second kappa shape index (κ2) is 6.08. The Labute approximate surface area is 114 Å². The number of likely N-dealkylation sites (tertiary alicyclic amines) is 1. The molecule has 1 aromatic heterocycles. The highest BCUT2D eigenvalue weighted by molar-refractivity contribution is 6.29. The van der Waals surface area contributed by atoms with E-state index >= 15 is 0 Å². The first-order valence-electron chi connectivity index (χ1n) is 5.94. The van der Waals surface area contributed by atoms with Crippen LogP contribution in [-0.2, 0) is 9.53 Å². The molecule has 7 heteroatoms. The smallest absolute Gasteiger partial charge is 0.329 e. The molecule has 0 atom stereocenters.